The van der Waals surface area contributed by atoms with E-state index in [4.69, 9.17) is 4.74 Å². The van der Waals surface area contributed by atoms with Crippen molar-refractivity contribution in [2.24, 2.45) is 23.2 Å². The maximum absolute atomic E-state index is 13.2. The molecule has 0 fully saturated rings. The number of aliphatic hydroxyl groups is 2. The molecule has 0 amide bonds. The van der Waals surface area contributed by atoms with E-state index in [9.17, 15) is 19.8 Å². The topological polar surface area (TPSA) is 96.7 Å². The number of ketones is 1. The Kier molecular flexibility index (Phi) is 10.4. The number of aryl methyl sites for hydroxylation is 1. The Morgan fingerprint density at radius 3 is 2.46 bits per heavy atom. The van der Waals surface area contributed by atoms with E-state index in [1.165, 1.54) is 5.57 Å². The fourth-order valence-corrected chi connectivity index (χ4v) is 5.44. The number of cyclic esters (lactones) is 1. The SMILES string of the molecule is C/C1=C/[C@H](C)[C@@H](/C(C)=C/c2csc(C)n2)OC(=O)C[C@H](O)C(C)(C)C(=O)[C@H](C)C(O)[C@@H](C)CCC1. The molecule has 35 heavy (non-hydrogen) atoms. The molecule has 1 aromatic heterocycles. The van der Waals surface area contributed by atoms with Crippen LogP contribution < -0.4 is 0 Å². The number of carbonyl (C=O) groups is 2. The summed E-state index contributed by atoms with van der Waals surface area (Å²) in [4.78, 5) is 30.7. The molecule has 2 heterocycles. The lowest BCUT2D eigenvalue weighted by Gasteiger charge is -2.34. The number of aliphatic hydroxyl groups excluding tert-OH is 2. The third kappa shape index (κ3) is 7.83. The van der Waals surface area contributed by atoms with Gasteiger partial charge in [0.2, 0.25) is 0 Å². The number of carbonyl (C=O) groups excluding carboxylic acids is 2. The highest BCUT2D eigenvalue weighted by Crippen LogP contribution is 2.33. The molecule has 1 aliphatic rings. The minimum atomic E-state index is -1.22. The Hall–Kier alpha value is -1.83. The molecule has 2 N–H and O–H groups in total. The van der Waals surface area contributed by atoms with Gasteiger partial charge in [0.05, 0.1) is 34.7 Å². The molecule has 0 aliphatic carbocycles. The van der Waals surface area contributed by atoms with Crippen LogP contribution in [-0.2, 0) is 14.3 Å². The minimum Gasteiger partial charge on any atom is -0.457 e. The Balaban J connectivity index is 2.40. The average molecular weight is 506 g/mol. The monoisotopic (exact) mass is 505 g/mol. The van der Waals surface area contributed by atoms with Gasteiger partial charge < -0.3 is 14.9 Å². The second-order valence-corrected chi connectivity index (χ2v) is 12.0. The summed E-state index contributed by atoms with van der Waals surface area (Å²) < 4.78 is 5.92. The van der Waals surface area contributed by atoms with Crippen LogP contribution >= 0.6 is 11.3 Å². The maximum Gasteiger partial charge on any atom is 0.309 e. The lowest BCUT2D eigenvalue weighted by Crippen LogP contribution is -2.45. The number of hydrogen-bond acceptors (Lipinski definition) is 7. The van der Waals surface area contributed by atoms with Crippen LogP contribution in [0.2, 0.25) is 0 Å². The maximum atomic E-state index is 13.2. The molecule has 0 spiro atoms. The van der Waals surface area contributed by atoms with E-state index in [0.717, 1.165) is 35.5 Å². The van der Waals surface area contributed by atoms with Crippen molar-refractivity contribution in [1.29, 1.82) is 0 Å². The van der Waals surface area contributed by atoms with Gasteiger partial charge in [0.15, 0.2) is 0 Å². The molecule has 0 bridgehead atoms. The first kappa shape index (κ1) is 29.4. The number of allylic oxidation sites excluding steroid dienone is 1. The van der Waals surface area contributed by atoms with Gasteiger partial charge in [0, 0.05) is 17.2 Å². The molecule has 6 atom stereocenters. The second-order valence-electron chi connectivity index (χ2n) is 10.9. The molecule has 1 aliphatic heterocycles. The number of esters is 1. The number of Topliss-reactive ketones (excluding diaryl/α,β-unsaturated/α-hetero) is 1. The molecule has 2 rings (SSSR count). The molecular formula is C28H43NO5S. The van der Waals surface area contributed by atoms with E-state index in [1.54, 1.807) is 32.1 Å². The summed E-state index contributed by atoms with van der Waals surface area (Å²) in [5.74, 6) is -1.59. The highest BCUT2D eigenvalue weighted by atomic mass is 32.1. The van der Waals surface area contributed by atoms with Gasteiger partial charge in [-0.2, -0.15) is 0 Å². The van der Waals surface area contributed by atoms with E-state index < -0.39 is 35.6 Å². The van der Waals surface area contributed by atoms with Gasteiger partial charge in [-0.1, -0.05) is 46.3 Å². The summed E-state index contributed by atoms with van der Waals surface area (Å²) in [7, 11) is 0. The summed E-state index contributed by atoms with van der Waals surface area (Å²) in [6.45, 7) is 14.9. The zero-order valence-corrected chi connectivity index (χ0v) is 23.3. The van der Waals surface area contributed by atoms with Crippen molar-refractivity contribution in [2.75, 3.05) is 0 Å². The fraction of sp³-hybridized carbons (Fsp3) is 0.679. The summed E-state index contributed by atoms with van der Waals surface area (Å²) in [5, 5.41) is 24.6. The zero-order valence-electron chi connectivity index (χ0n) is 22.5. The van der Waals surface area contributed by atoms with Crippen molar-refractivity contribution < 1.29 is 24.5 Å². The van der Waals surface area contributed by atoms with Crippen LogP contribution in [0.4, 0.5) is 0 Å². The number of rotatable bonds is 2. The standard InChI is InChI=1S/C28H43NO5S/c1-16-10-9-11-17(2)25(32)20(5)27(33)28(7,8)23(30)14-24(31)34-26(18(3)12-16)19(4)13-22-15-35-21(6)29-22/h12-13,15,17-18,20,23,25-26,30,32H,9-11,14H2,1-8H3/b16-12-,19-13+/t17-,18-,20+,23-,25?,26-/m0/s1. The number of ether oxygens (including phenoxy) is 1. The van der Waals surface area contributed by atoms with Crippen molar-refractivity contribution in [1.82, 2.24) is 4.98 Å². The predicted octanol–water partition coefficient (Wildman–Crippen LogP) is 5.51. The van der Waals surface area contributed by atoms with Gasteiger partial charge >= 0.3 is 5.97 Å². The molecule has 1 unspecified atom stereocenters. The molecule has 6 nitrogen and oxygen atoms in total. The first-order valence-corrected chi connectivity index (χ1v) is 13.5. The molecule has 1 aromatic rings. The van der Waals surface area contributed by atoms with Crippen LogP contribution in [0.3, 0.4) is 0 Å². The van der Waals surface area contributed by atoms with Crippen molar-refractivity contribution in [3.8, 4) is 0 Å². The van der Waals surface area contributed by atoms with E-state index in [1.807, 2.05) is 39.2 Å². The molecule has 7 heteroatoms. The summed E-state index contributed by atoms with van der Waals surface area (Å²) in [6.07, 6.45) is 3.78. The number of aromatic nitrogens is 1. The molecule has 0 radical (unpaired) electrons. The van der Waals surface area contributed by atoms with E-state index in [0.29, 0.717) is 0 Å². The van der Waals surface area contributed by atoms with Crippen LogP contribution in [0.15, 0.2) is 22.6 Å². The number of thiazole rings is 1. The Morgan fingerprint density at radius 2 is 1.86 bits per heavy atom. The van der Waals surface area contributed by atoms with E-state index in [-0.39, 0.29) is 24.0 Å². The highest BCUT2D eigenvalue weighted by molar-refractivity contribution is 7.09. The molecule has 0 aromatic carbocycles. The van der Waals surface area contributed by atoms with Crippen molar-refractivity contribution in [2.45, 2.75) is 99.4 Å². The predicted molar refractivity (Wildman–Crippen MR) is 141 cm³/mol. The second kappa shape index (κ2) is 12.4. The average Bonchev–Trinajstić information content (AvgIpc) is 3.19. The molecular weight excluding hydrogens is 462 g/mol. The molecule has 0 saturated heterocycles. The normalized spacial score (nSPS) is 33.7. The molecule has 0 saturated carbocycles. The van der Waals surface area contributed by atoms with Crippen LogP contribution in [0.25, 0.3) is 6.08 Å². The quantitative estimate of drug-likeness (QED) is 0.406. The summed E-state index contributed by atoms with van der Waals surface area (Å²) in [5.41, 5.74) is 1.69. The number of hydrogen-bond donors (Lipinski definition) is 2. The van der Waals surface area contributed by atoms with Gasteiger partial charge in [0.25, 0.3) is 0 Å². The summed E-state index contributed by atoms with van der Waals surface area (Å²) in [6, 6.07) is 0. The fourth-order valence-electron chi connectivity index (χ4n) is 4.87. The van der Waals surface area contributed by atoms with E-state index in [2.05, 4.69) is 18.0 Å². The van der Waals surface area contributed by atoms with Gasteiger partial charge in [-0.05, 0) is 57.6 Å². The zero-order chi connectivity index (χ0) is 26.5. The Bertz CT molecular complexity index is 947. The summed E-state index contributed by atoms with van der Waals surface area (Å²) >= 11 is 1.56. The van der Waals surface area contributed by atoms with Crippen LogP contribution in [0.1, 0.15) is 84.9 Å². The van der Waals surface area contributed by atoms with Gasteiger partial charge in [-0.15, -0.1) is 11.3 Å². The Labute approximate surface area is 214 Å². The minimum absolute atomic E-state index is 0.0514. The first-order chi connectivity index (χ1) is 16.2. The third-order valence-electron chi connectivity index (χ3n) is 7.31. The third-order valence-corrected chi connectivity index (χ3v) is 8.10. The van der Waals surface area contributed by atoms with Gasteiger partial charge in [-0.3, -0.25) is 9.59 Å². The lowest BCUT2D eigenvalue weighted by atomic mass is 9.73. The van der Waals surface area contributed by atoms with Crippen molar-refractivity contribution in [3.05, 3.63) is 33.3 Å². The van der Waals surface area contributed by atoms with Crippen LogP contribution in [0, 0.1) is 30.1 Å². The smallest absolute Gasteiger partial charge is 0.309 e. The van der Waals surface area contributed by atoms with Gasteiger partial charge in [0.1, 0.15) is 11.9 Å². The van der Waals surface area contributed by atoms with Crippen molar-refractivity contribution in [3.63, 3.8) is 0 Å². The van der Waals surface area contributed by atoms with Crippen LogP contribution in [-0.4, -0.2) is 45.3 Å². The Morgan fingerprint density at radius 1 is 1.20 bits per heavy atom. The largest absolute Gasteiger partial charge is 0.457 e. The van der Waals surface area contributed by atoms with E-state index >= 15 is 0 Å². The highest BCUT2D eigenvalue weighted by Gasteiger charge is 2.42. The van der Waals surface area contributed by atoms with Gasteiger partial charge in [-0.25, -0.2) is 4.98 Å². The number of nitrogens with zero attached hydrogens (tertiary/aromatic N) is 1. The lowest BCUT2D eigenvalue weighted by molar-refractivity contribution is -0.155. The first-order valence-electron chi connectivity index (χ1n) is 12.6. The van der Waals surface area contributed by atoms with Crippen molar-refractivity contribution >= 4 is 29.2 Å². The molecule has 196 valence electrons. The van der Waals surface area contributed by atoms with Crippen LogP contribution in [0.5, 0.6) is 0 Å².